The minimum absolute atomic E-state index is 0.0134. The largest absolute Gasteiger partial charge is 0.447 e. The monoisotopic (exact) mass is 332 g/mol. The van der Waals surface area contributed by atoms with Gasteiger partial charge in [0.1, 0.15) is 5.76 Å². The van der Waals surface area contributed by atoms with E-state index in [1.807, 2.05) is 0 Å². The van der Waals surface area contributed by atoms with Gasteiger partial charge in [0, 0.05) is 11.8 Å². The van der Waals surface area contributed by atoms with Gasteiger partial charge in [-0.15, -0.1) is 0 Å². The van der Waals surface area contributed by atoms with Crippen LogP contribution in [-0.4, -0.2) is 32.5 Å². The van der Waals surface area contributed by atoms with E-state index in [-0.39, 0.29) is 11.1 Å². The fourth-order valence-electron chi connectivity index (χ4n) is 2.19. The van der Waals surface area contributed by atoms with Crippen LogP contribution in [0.1, 0.15) is 32.4 Å². The predicted molar refractivity (Wildman–Crippen MR) is 85.9 cm³/mol. The van der Waals surface area contributed by atoms with Crippen LogP contribution in [0.4, 0.5) is 0 Å². The van der Waals surface area contributed by atoms with E-state index >= 15 is 0 Å². The molecule has 0 radical (unpaired) electrons. The summed E-state index contributed by atoms with van der Waals surface area (Å²) in [4.78, 5) is 0. The maximum absolute atomic E-state index is 12.3. The van der Waals surface area contributed by atoms with E-state index in [0.717, 1.165) is 30.9 Å². The minimum Gasteiger partial charge on any atom is -0.447 e. The summed E-state index contributed by atoms with van der Waals surface area (Å²) in [5, 5.41) is 3.25. The molecular formula is C14H24N2O3S2. The molecule has 2 N–H and O–H groups in total. The van der Waals surface area contributed by atoms with Crippen molar-refractivity contribution in [2.75, 3.05) is 18.1 Å². The zero-order valence-electron chi connectivity index (χ0n) is 12.6. The molecule has 1 aromatic rings. The SMILES string of the molecule is CC(C)CNCc1ccc(S(=O)(=O)NC2CCCSC2)o1. The fraction of sp³-hybridized carbons (Fsp3) is 0.714. The molecule has 0 saturated carbocycles. The number of rotatable bonds is 7. The molecule has 1 unspecified atom stereocenters. The summed E-state index contributed by atoms with van der Waals surface area (Å²) >= 11 is 1.79. The van der Waals surface area contributed by atoms with Crippen molar-refractivity contribution in [2.24, 2.45) is 5.92 Å². The Hall–Kier alpha value is -0.500. The van der Waals surface area contributed by atoms with Gasteiger partial charge >= 0.3 is 0 Å². The van der Waals surface area contributed by atoms with Crippen molar-refractivity contribution in [1.29, 1.82) is 0 Å². The molecule has 2 heterocycles. The van der Waals surface area contributed by atoms with Crippen LogP contribution in [0.2, 0.25) is 0 Å². The van der Waals surface area contributed by atoms with Crippen LogP contribution < -0.4 is 10.0 Å². The Morgan fingerprint density at radius 1 is 1.43 bits per heavy atom. The van der Waals surface area contributed by atoms with Gasteiger partial charge in [-0.3, -0.25) is 0 Å². The first-order valence-electron chi connectivity index (χ1n) is 7.37. The van der Waals surface area contributed by atoms with Gasteiger partial charge in [-0.1, -0.05) is 13.8 Å². The lowest BCUT2D eigenvalue weighted by Crippen LogP contribution is -2.38. The van der Waals surface area contributed by atoms with Crippen molar-refractivity contribution in [2.45, 2.75) is 44.4 Å². The van der Waals surface area contributed by atoms with E-state index in [0.29, 0.717) is 18.2 Å². The van der Waals surface area contributed by atoms with Crippen LogP contribution in [-0.2, 0) is 16.6 Å². The highest BCUT2D eigenvalue weighted by atomic mass is 32.2. The van der Waals surface area contributed by atoms with Crippen LogP contribution in [0.25, 0.3) is 0 Å². The normalized spacial score (nSPS) is 20.0. The Balaban J connectivity index is 1.92. The highest BCUT2D eigenvalue weighted by Gasteiger charge is 2.24. The Morgan fingerprint density at radius 2 is 2.24 bits per heavy atom. The zero-order chi connectivity index (χ0) is 15.3. The van der Waals surface area contributed by atoms with Crippen LogP contribution in [0.3, 0.4) is 0 Å². The molecule has 0 bridgehead atoms. The summed E-state index contributed by atoms with van der Waals surface area (Å²) in [6, 6.07) is 3.27. The molecule has 2 rings (SSSR count). The lowest BCUT2D eigenvalue weighted by molar-refractivity contribution is 0.392. The molecule has 0 aromatic carbocycles. The summed E-state index contributed by atoms with van der Waals surface area (Å²) in [5.41, 5.74) is 0. The van der Waals surface area contributed by atoms with Gasteiger partial charge in [0.05, 0.1) is 6.54 Å². The summed E-state index contributed by atoms with van der Waals surface area (Å²) in [7, 11) is -3.54. The van der Waals surface area contributed by atoms with Crippen molar-refractivity contribution >= 4 is 21.8 Å². The van der Waals surface area contributed by atoms with E-state index in [2.05, 4.69) is 23.9 Å². The van der Waals surface area contributed by atoms with Crippen LogP contribution in [0, 0.1) is 5.92 Å². The maximum Gasteiger partial charge on any atom is 0.274 e. The Kier molecular flexibility index (Phi) is 6.16. The number of hydrogen-bond acceptors (Lipinski definition) is 5. The second kappa shape index (κ2) is 7.67. The average molecular weight is 332 g/mol. The molecule has 1 aliphatic rings. The highest BCUT2D eigenvalue weighted by Crippen LogP contribution is 2.20. The molecule has 0 aliphatic carbocycles. The first-order valence-corrected chi connectivity index (χ1v) is 10.0. The third-order valence-corrected chi connectivity index (χ3v) is 5.84. The molecule has 0 amide bonds. The molecule has 7 heteroatoms. The number of thioether (sulfide) groups is 1. The lowest BCUT2D eigenvalue weighted by atomic mass is 10.2. The smallest absolute Gasteiger partial charge is 0.274 e. The zero-order valence-corrected chi connectivity index (χ0v) is 14.2. The fourth-order valence-corrected chi connectivity index (χ4v) is 4.59. The molecule has 1 atom stereocenters. The standard InChI is InChI=1S/C14H24N2O3S2/c1-11(2)8-15-9-13-5-6-14(19-13)21(17,18)16-12-4-3-7-20-10-12/h5-6,11-12,15-16H,3-4,7-10H2,1-2H3. The topological polar surface area (TPSA) is 71.3 Å². The van der Waals surface area contributed by atoms with Gasteiger partial charge in [-0.2, -0.15) is 11.8 Å². The Labute approximate surface area is 131 Å². The quantitative estimate of drug-likeness (QED) is 0.801. The predicted octanol–water partition coefficient (Wildman–Crippen LogP) is 2.20. The van der Waals surface area contributed by atoms with E-state index in [1.165, 1.54) is 6.07 Å². The first-order chi connectivity index (χ1) is 9.97. The summed E-state index contributed by atoms with van der Waals surface area (Å²) in [5.74, 6) is 3.15. The summed E-state index contributed by atoms with van der Waals surface area (Å²) in [6.07, 6.45) is 1.95. The van der Waals surface area contributed by atoms with E-state index in [1.54, 1.807) is 17.8 Å². The van der Waals surface area contributed by atoms with E-state index < -0.39 is 10.0 Å². The first kappa shape index (κ1) is 16.9. The van der Waals surface area contributed by atoms with Crippen molar-refractivity contribution in [3.05, 3.63) is 17.9 Å². The maximum atomic E-state index is 12.3. The molecule has 0 spiro atoms. The molecular weight excluding hydrogens is 308 g/mol. The summed E-state index contributed by atoms with van der Waals surface area (Å²) < 4.78 is 32.7. The third kappa shape index (κ3) is 5.32. The van der Waals surface area contributed by atoms with Crippen molar-refractivity contribution in [3.63, 3.8) is 0 Å². The molecule has 1 aromatic heterocycles. The lowest BCUT2D eigenvalue weighted by Gasteiger charge is -2.21. The number of hydrogen-bond donors (Lipinski definition) is 2. The van der Waals surface area contributed by atoms with Gasteiger partial charge in [0.2, 0.25) is 5.09 Å². The molecule has 120 valence electrons. The van der Waals surface area contributed by atoms with E-state index in [4.69, 9.17) is 4.42 Å². The molecule has 5 nitrogen and oxygen atoms in total. The van der Waals surface area contributed by atoms with Crippen LogP contribution >= 0.6 is 11.8 Å². The molecule has 1 fully saturated rings. The second-order valence-electron chi connectivity index (χ2n) is 5.78. The molecule has 1 aliphatic heterocycles. The molecule has 1 saturated heterocycles. The van der Waals surface area contributed by atoms with Crippen molar-refractivity contribution in [3.8, 4) is 0 Å². The van der Waals surface area contributed by atoms with Crippen molar-refractivity contribution in [1.82, 2.24) is 10.0 Å². The van der Waals surface area contributed by atoms with Gasteiger partial charge in [-0.05, 0) is 43.2 Å². The minimum atomic E-state index is -3.54. The van der Waals surface area contributed by atoms with Crippen molar-refractivity contribution < 1.29 is 12.8 Å². The number of sulfonamides is 1. The molecule has 21 heavy (non-hydrogen) atoms. The summed E-state index contributed by atoms with van der Waals surface area (Å²) in [6.45, 7) is 5.67. The van der Waals surface area contributed by atoms with Gasteiger partial charge < -0.3 is 9.73 Å². The highest BCUT2D eigenvalue weighted by molar-refractivity contribution is 7.99. The van der Waals surface area contributed by atoms with Gasteiger partial charge in [0.25, 0.3) is 10.0 Å². The van der Waals surface area contributed by atoms with Crippen LogP contribution in [0.5, 0.6) is 0 Å². The van der Waals surface area contributed by atoms with E-state index in [9.17, 15) is 8.42 Å². The number of nitrogens with one attached hydrogen (secondary N) is 2. The third-order valence-electron chi connectivity index (χ3n) is 3.24. The Bertz CT molecular complexity index is 534. The van der Waals surface area contributed by atoms with Gasteiger partial charge in [0.15, 0.2) is 0 Å². The second-order valence-corrected chi connectivity index (χ2v) is 8.58. The van der Waals surface area contributed by atoms with Gasteiger partial charge in [-0.25, -0.2) is 13.1 Å². The number of furan rings is 1. The van der Waals surface area contributed by atoms with Crippen LogP contribution in [0.15, 0.2) is 21.6 Å². The Morgan fingerprint density at radius 3 is 2.90 bits per heavy atom. The average Bonchev–Trinajstić information content (AvgIpc) is 2.88.